The van der Waals surface area contributed by atoms with Crippen LogP contribution in [-0.2, 0) is 15.7 Å². The van der Waals surface area contributed by atoms with E-state index in [1.807, 2.05) is 0 Å². The minimum absolute atomic E-state index is 0.0201. The van der Waals surface area contributed by atoms with Crippen molar-refractivity contribution in [2.75, 3.05) is 7.11 Å². The predicted molar refractivity (Wildman–Crippen MR) is 62.8 cm³/mol. The number of carbonyl (C=O) groups excluding carboxylic acids is 1. The van der Waals surface area contributed by atoms with Crippen molar-refractivity contribution < 1.29 is 27.8 Å². The average Bonchev–Trinajstić information content (AvgIpc) is 2.33. The molecule has 0 amide bonds. The summed E-state index contributed by atoms with van der Waals surface area (Å²) in [5.74, 6) is -1.38. The van der Waals surface area contributed by atoms with Crippen molar-refractivity contribution in [3.8, 4) is 5.75 Å². The fourth-order valence-electron chi connectivity index (χ4n) is 1.82. The van der Waals surface area contributed by atoms with Gasteiger partial charge in [0.25, 0.3) is 0 Å². The highest BCUT2D eigenvalue weighted by molar-refractivity contribution is 5.70. The van der Waals surface area contributed by atoms with Gasteiger partial charge in [-0.05, 0) is 36.1 Å². The highest BCUT2D eigenvalue weighted by Gasteiger charge is 2.32. The summed E-state index contributed by atoms with van der Waals surface area (Å²) >= 11 is 0. The van der Waals surface area contributed by atoms with Crippen LogP contribution in [0.25, 0.3) is 0 Å². The average molecular weight is 276 g/mol. The molecule has 0 aliphatic heterocycles. The van der Waals surface area contributed by atoms with Crippen LogP contribution in [-0.4, -0.2) is 18.2 Å². The number of alkyl halides is 3. The van der Waals surface area contributed by atoms with E-state index in [-0.39, 0.29) is 12.0 Å². The lowest BCUT2D eigenvalue weighted by Gasteiger charge is -2.16. The number of hydrogen-bond acceptors (Lipinski definition) is 3. The topological polar surface area (TPSA) is 46.5 Å². The number of benzene rings is 1. The van der Waals surface area contributed by atoms with Crippen LogP contribution in [0.1, 0.15) is 36.8 Å². The van der Waals surface area contributed by atoms with Gasteiger partial charge in [0.15, 0.2) is 0 Å². The third-order valence-electron chi connectivity index (χ3n) is 2.87. The smallest absolute Gasteiger partial charge is 0.416 e. The van der Waals surface area contributed by atoms with Crippen LogP contribution in [0.5, 0.6) is 5.75 Å². The van der Waals surface area contributed by atoms with Crippen molar-refractivity contribution in [1.29, 1.82) is 0 Å². The van der Waals surface area contributed by atoms with E-state index in [4.69, 9.17) is 0 Å². The Morgan fingerprint density at radius 1 is 1.37 bits per heavy atom. The van der Waals surface area contributed by atoms with Gasteiger partial charge in [0.05, 0.1) is 19.1 Å². The first-order chi connectivity index (χ1) is 8.77. The number of aromatic hydroxyl groups is 1. The predicted octanol–water partition coefficient (Wildman–Crippen LogP) is 3.47. The molecule has 6 heteroatoms. The largest absolute Gasteiger partial charge is 0.508 e. The standard InChI is InChI=1S/C13H15F3O3/c1-3-8(6-12(18)19-2)9-4-10(13(14,15)16)7-11(17)5-9/h4-5,7-8,17H,3,6H2,1-2H3/t8-/m1/s1. The molecule has 0 aromatic heterocycles. The number of methoxy groups -OCH3 is 1. The van der Waals surface area contributed by atoms with Gasteiger partial charge in [-0.25, -0.2) is 0 Å². The Kier molecular flexibility index (Phi) is 4.80. The summed E-state index contributed by atoms with van der Waals surface area (Å²) in [6, 6.07) is 2.86. The summed E-state index contributed by atoms with van der Waals surface area (Å²) in [4.78, 5) is 11.2. The lowest BCUT2D eigenvalue weighted by atomic mass is 9.91. The zero-order valence-corrected chi connectivity index (χ0v) is 10.6. The highest BCUT2D eigenvalue weighted by atomic mass is 19.4. The molecule has 0 unspecified atom stereocenters. The number of phenolic OH excluding ortho intramolecular Hbond substituents is 1. The Bertz CT molecular complexity index is 455. The highest BCUT2D eigenvalue weighted by Crippen LogP contribution is 2.35. The van der Waals surface area contributed by atoms with Crippen LogP contribution in [0.2, 0.25) is 0 Å². The van der Waals surface area contributed by atoms with Crippen molar-refractivity contribution in [3.05, 3.63) is 29.3 Å². The number of esters is 1. The molecule has 0 spiro atoms. The van der Waals surface area contributed by atoms with Gasteiger partial charge in [0.2, 0.25) is 0 Å². The van der Waals surface area contributed by atoms with Crippen LogP contribution in [0.4, 0.5) is 13.2 Å². The third-order valence-corrected chi connectivity index (χ3v) is 2.87. The zero-order chi connectivity index (χ0) is 14.6. The quantitative estimate of drug-likeness (QED) is 0.856. The van der Waals surface area contributed by atoms with E-state index in [2.05, 4.69) is 4.74 Å². The SMILES string of the molecule is CC[C@H](CC(=O)OC)c1cc(O)cc(C(F)(F)F)c1. The monoisotopic (exact) mass is 276 g/mol. The van der Waals surface area contributed by atoms with Gasteiger partial charge in [-0.3, -0.25) is 4.79 Å². The lowest BCUT2D eigenvalue weighted by Crippen LogP contribution is -2.10. The van der Waals surface area contributed by atoms with Gasteiger partial charge in [0.1, 0.15) is 5.75 Å². The molecule has 19 heavy (non-hydrogen) atoms. The molecular formula is C13H15F3O3. The molecule has 1 aromatic rings. The van der Waals surface area contributed by atoms with Gasteiger partial charge in [0, 0.05) is 0 Å². The number of rotatable bonds is 4. The van der Waals surface area contributed by atoms with Gasteiger partial charge in [-0.2, -0.15) is 13.2 Å². The first-order valence-electron chi connectivity index (χ1n) is 5.75. The minimum Gasteiger partial charge on any atom is -0.508 e. The fraction of sp³-hybridized carbons (Fsp3) is 0.462. The van der Waals surface area contributed by atoms with Crippen LogP contribution < -0.4 is 0 Å². The van der Waals surface area contributed by atoms with Gasteiger partial charge in [-0.15, -0.1) is 0 Å². The normalized spacial score (nSPS) is 13.1. The maximum Gasteiger partial charge on any atom is 0.416 e. The molecule has 3 nitrogen and oxygen atoms in total. The summed E-state index contributed by atoms with van der Waals surface area (Å²) in [7, 11) is 1.22. The molecule has 0 saturated carbocycles. The number of phenols is 1. The van der Waals surface area contributed by atoms with Crippen LogP contribution >= 0.6 is 0 Å². The minimum atomic E-state index is -4.53. The summed E-state index contributed by atoms with van der Waals surface area (Å²) in [5.41, 5.74) is -0.647. The Hall–Kier alpha value is -1.72. The maximum absolute atomic E-state index is 12.6. The van der Waals surface area contributed by atoms with Crippen molar-refractivity contribution in [3.63, 3.8) is 0 Å². The second-order valence-electron chi connectivity index (χ2n) is 4.20. The second-order valence-corrected chi connectivity index (χ2v) is 4.20. The summed E-state index contributed by atoms with van der Waals surface area (Å²) < 4.78 is 42.4. The van der Waals surface area contributed by atoms with E-state index in [1.54, 1.807) is 6.92 Å². The van der Waals surface area contributed by atoms with Crippen molar-refractivity contribution >= 4 is 5.97 Å². The number of ether oxygens (including phenoxy) is 1. The molecule has 1 atom stereocenters. The van der Waals surface area contributed by atoms with Crippen LogP contribution in [0, 0.1) is 0 Å². The fourth-order valence-corrected chi connectivity index (χ4v) is 1.82. The zero-order valence-electron chi connectivity index (χ0n) is 10.6. The van der Waals surface area contributed by atoms with Crippen LogP contribution in [0.3, 0.4) is 0 Å². The molecule has 1 aromatic carbocycles. The van der Waals surface area contributed by atoms with Crippen molar-refractivity contribution in [2.24, 2.45) is 0 Å². The van der Waals surface area contributed by atoms with E-state index in [0.29, 0.717) is 12.5 Å². The van der Waals surface area contributed by atoms with E-state index in [1.165, 1.54) is 13.2 Å². The summed E-state index contributed by atoms with van der Waals surface area (Å²) in [6.45, 7) is 1.75. The van der Waals surface area contributed by atoms with Gasteiger partial charge in [-0.1, -0.05) is 6.92 Å². The number of halogens is 3. The molecule has 0 fully saturated rings. The Balaban J connectivity index is 3.10. The molecule has 0 aliphatic rings. The molecule has 0 bridgehead atoms. The first-order valence-corrected chi connectivity index (χ1v) is 5.75. The molecule has 0 aliphatic carbocycles. The van der Waals surface area contributed by atoms with E-state index in [9.17, 15) is 23.1 Å². The third kappa shape index (κ3) is 4.15. The second kappa shape index (κ2) is 5.95. The van der Waals surface area contributed by atoms with E-state index < -0.39 is 29.4 Å². The molecule has 1 rings (SSSR count). The van der Waals surface area contributed by atoms with Crippen LogP contribution in [0.15, 0.2) is 18.2 Å². The Labute approximate surface area is 109 Å². The van der Waals surface area contributed by atoms with E-state index >= 15 is 0 Å². The molecule has 0 saturated heterocycles. The maximum atomic E-state index is 12.6. The first kappa shape index (κ1) is 15.3. The number of carbonyl (C=O) groups is 1. The van der Waals surface area contributed by atoms with Crippen molar-refractivity contribution in [1.82, 2.24) is 0 Å². The Morgan fingerprint density at radius 2 is 2.00 bits per heavy atom. The number of hydrogen-bond donors (Lipinski definition) is 1. The molecule has 0 heterocycles. The molecule has 0 radical (unpaired) electrons. The molecule has 106 valence electrons. The van der Waals surface area contributed by atoms with Gasteiger partial charge < -0.3 is 9.84 Å². The van der Waals surface area contributed by atoms with E-state index in [0.717, 1.165) is 6.07 Å². The van der Waals surface area contributed by atoms with Gasteiger partial charge >= 0.3 is 12.1 Å². The molecular weight excluding hydrogens is 261 g/mol. The summed E-state index contributed by atoms with van der Waals surface area (Å²) in [6.07, 6.45) is -4.08. The van der Waals surface area contributed by atoms with Crippen molar-refractivity contribution in [2.45, 2.75) is 31.9 Å². The lowest BCUT2D eigenvalue weighted by molar-refractivity contribution is -0.141. The Morgan fingerprint density at radius 3 is 2.47 bits per heavy atom. The summed E-state index contributed by atoms with van der Waals surface area (Å²) in [5, 5.41) is 9.38. The molecule has 1 N–H and O–H groups in total.